The molecule has 1 saturated heterocycles. The van der Waals surface area contributed by atoms with E-state index in [1.165, 1.54) is 0 Å². The average Bonchev–Trinajstić information content (AvgIpc) is 2.23. The summed E-state index contributed by atoms with van der Waals surface area (Å²) in [5, 5.41) is 11.3. The second-order valence-corrected chi connectivity index (χ2v) is 6.45. The van der Waals surface area contributed by atoms with Gasteiger partial charge in [0.1, 0.15) is 0 Å². The molecule has 1 N–H and O–H groups in total. The Kier molecular flexibility index (Phi) is 3.43. The van der Waals surface area contributed by atoms with Gasteiger partial charge in [-0.3, -0.25) is 0 Å². The van der Waals surface area contributed by atoms with Gasteiger partial charge >= 0.3 is 0 Å². The Bertz CT molecular complexity index is 345. The topological polar surface area (TPSA) is 20.2 Å². The standard InChI is InChI=1S/C12H15BrOS/c1-9-6-7-12(14,8-15-9)10-4-2-3-5-11(10)13/h2-5,9,14H,6-8H2,1H3/t9-,12-/m0/s1. The molecule has 2 rings (SSSR count). The lowest BCUT2D eigenvalue weighted by atomic mass is 9.90. The fourth-order valence-electron chi connectivity index (χ4n) is 1.93. The molecule has 82 valence electrons. The molecule has 1 nitrogen and oxygen atoms in total. The van der Waals surface area contributed by atoms with Crippen molar-refractivity contribution in [2.45, 2.75) is 30.6 Å². The molecule has 0 unspecified atom stereocenters. The minimum atomic E-state index is -0.642. The van der Waals surface area contributed by atoms with Crippen LogP contribution in [0.4, 0.5) is 0 Å². The third-order valence-electron chi connectivity index (χ3n) is 2.95. The van der Waals surface area contributed by atoms with Crippen LogP contribution in [0.3, 0.4) is 0 Å². The largest absolute Gasteiger partial charge is 0.384 e. The van der Waals surface area contributed by atoms with Crippen molar-refractivity contribution in [1.29, 1.82) is 0 Å². The van der Waals surface area contributed by atoms with E-state index in [4.69, 9.17) is 0 Å². The van der Waals surface area contributed by atoms with Crippen LogP contribution in [0.1, 0.15) is 25.3 Å². The van der Waals surface area contributed by atoms with Crippen molar-refractivity contribution in [3.05, 3.63) is 34.3 Å². The molecule has 1 fully saturated rings. The van der Waals surface area contributed by atoms with E-state index in [1.807, 2.05) is 36.0 Å². The Balaban J connectivity index is 2.26. The van der Waals surface area contributed by atoms with Gasteiger partial charge in [0.2, 0.25) is 0 Å². The van der Waals surface area contributed by atoms with Crippen LogP contribution in [-0.4, -0.2) is 16.1 Å². The molecule has 0 bridgehead atoms. The molecule has 0 amide bonds. The molecule has 0 aromatic heterocycles. The van der Waals surface area contributed by atoms with Gasteiger partial charge in [-0.05, 0) is 24.5 Å². The molecule has 3 heteroatoms. The molecule has 1 heterocycles. The van der Waals surface area contributed by atoms with Crippen LogP contribution in [0.25, 0.3) is 0 Å². The van der Waals surface area contributed by atoms with Crippen molar-refractivity contribution in [3.63, 3.8) is 0 Å². The van der Waals surface area contributed by atoms with E-state index in [0.29, 0.717) is 5.25 Å². The maximum atomic E-state index is 10.6. The van der Waals surface area contributed by atoms with Gasteiger partial charge < -0.3 is 5.11 Å². The number of rotatable bonds is 1. The Morgan fingerprint density at radius 3 is 2.80 bits per heavy atom. The van der Waals surface area contributed by atoms with Gasteiger partial charge in [0.15, 0.2) is 0 Å². The first kappa shape index (κ1) is 11.5. The number of halogens is 1. The maximum absolute atomic E-state index is 10.6. The number of thioether (sulfide) groups is 1. The lowest BCUT2D eigenvalue weighted by Gasteiger charge is -2.35. The zero-order valence-corrected chi connectivity index (χ0v) is 11.1. The van der Waals surface area contributed by atoms with Crippen molar-refractivity contribution in [3.8, 4) is 0 Å². The summed E-state index contributed by atoms with van der Waals surface area (Å²) in [6.07, 6.45) is 1.95. The van der Waals surface area contributed by atoms with Gasteiger partial charge in [0.05, 0.1) is 5.60 Å². The summed E-state index contributed by atoms with van der Waals surface area (Å²) in [4.78, 5) is 0. The Morgan fingerprint density at radius 1 is 1.47 bits per heavy atom. The third kappa shape index (κ3) is 2.40. The van der Waals surface area contributed by atoms with E-state index >= 15 is 0 Å². The van der Waals surface area contributed by atoms with Crippen LogP contribution < -0.4 is 0 Å². The van der Waals surface area contributed by atoms with E-state index in [1.54, 1.807) is 0 Å². The summed E-state index contributed by atoms with van der Waals surface area (Å²) in [5.41, 5.74) is 0.390. The lowest BCUT2D eigenvalue weighted by molar-refractivity contribution is 0.0464. The van der Waals surface area contributed by atoms with Gasteiger partial charge in [-0.25, -0.2) is 0 Å². The predicted octanol–water partition coefficient (Wildman–Crippen LogP) is 3.55. The highest BCUT2D eigenvalue weighted by Crippen LogP contribution is 2.41. The van der Waals surface area contributed by atoms with E-state index < -0.39 is 5.60 Å². The quantitative estimate of drug-likeness (QED) is 0.852. The molecule has 15 heavy (non-hydrogen) atoms. The summed E-state index contributed by atoms with van der Waals surface area (Å²) >= 11 is 5.37. The first-order valence-electron chi connectivity index (χ1n) is 5.21. The Labute approximate surface area is 103 Å². The molecular formula is C12H15BrOS. The first-order chi connectivity index (χ1) is 7.12. The molecule has 0 aliphatic carbocycles. The summed E-state index contributed by atoms with van der Waals surface area (Å²) in [5.74, 6) is 0.802. The summed E-state index contributed by atoms with van der Waals surface area (Å²) in [6, 6.07) is 7.98. The molecule has 1 aromatic rings. The normalized spacial score (nSPS) is 31.5. The lowest BCUT2D eigenvalue weighted by Crippen LogP contribution is -2.34. The van der Waals surface area contributed by atoms with Crippen molar-refractivity contribution in [2.24, 2.45) is 0 Å². The minimum Gasteiger partial charge on any atom is -0.384 e. The second kappa shape index (κ2) is 4.48. The molecule has 1 aliphatic rings. The fourth-order valence-corrected chi connectivity index (χ4v) is 3.73. The van der Waals surface area contributed by atoms with E-state index in [-0.39, 0.29) is 0 Å². The predicted molar refractivity (Wildman–Crippen MR) is 69.2 cm³/mol. The molecule has 1 aromatic carbocycles. The highest BCUT2D eigenvalue weighted by molar-refractivity contribution is 9.10. The summed E-state index contributed by atoms with van der Waals surface area (Å²) in [7, 11) is 0. The maximum Gasteiger partial charge on any atom is 0.0997 e. The zero-order valence-electron chi connectivity index (χ0n) is 8.74. The minimum absolute atomic E-state index is 0.642. The smallest absolute Gasteiger partial charge is 0.0997 e. The molecule has 1 aliphatic heterocycles. The van der Waals surface area contributed by atoms with Gasteiger partial charge in [-0.2, -0.15) is 11.8 Å². The van der Waals surface area contributed by atoms with Gasteiger partial charge in [-0.1, -0.05) is 41.1 Å². The molecular weight excluding hydrogens is 272 g/mol. The van der Waals surface area contributed by atoms with Crippen molar-refractivity contribution in [2.75, 3.05) is 5.75 Å². The number of hydrogen-bond donors (Lipinski definition) is 1. The van der Waals surface area contributed by atoms with Crippen LogP contribution in [0.2, 0.25) is 0 Å². The highest BCUT2D eigenvalue weighted by atomic mass is 79.9. The number of aliphatic hydroxyl groups is 1. The van der Waals surface area contributed by atoms with Crippen LogP contribution in [-0.2, 0) is 5.60 Å². The Hall–Kier alpha value is 0.01000. The molecule has 0 saturated carbocycles. The second-order valence-electron chi connectivity index (χ2n) is 4.17. The van der Waals surface area contributed by atoms with Crippen LogP contribution in [0.5, 0.6) is 0 Å². The van der Waals surface area contributed by atoms with E-state index in [0.717, 1.165) is 28.6 Å². The fraction of sp³-hybridized carbons (Fsp3) is 0.500. The van der Waals surface area contributed by atoms with Crippen molar-refractivity contribution < 1.29 is 5.11 Å². The van der Waals surface area contributed by atoms with Gasteiger partial charge in [-0.15, -0.1) is 0 Å². The van der Waals surface area contributed by atoms with E-state index in [9.17, 15) is 5.11 Å². The summed E-state index contributed by atoms with van der Waals surface area (Å²) < 4.78 is 1.02. The van der Waals surface area contributed by atoms with Crippen LogP contribution in [0, 0.1) is 0 Å². The monoisotopic (exact) mass is 286 g/mol. The number of hydrogen-bond acceptors (Lipinski definition) is 2. The van der Waals surface area contributed by atoms with E-state index in [2.05, 4.69) is 22.9 Å². The van der Waals surface area contributed by atoms with Gasteiger partial charge in [0, 0.05) is 15.5 Å². The Morgan fingerprint density at radius 2 is 2.20 bits per heavy atom. The first-order valence-corrected chi connectivity index (χ1v) is 7.05. The highest BCUT2D eigenvalue weighted by Gasteiger charge is 2.35. The molecule has 0 spiro atoms. The molecule has 2 atom stereocenters. The summed E-state index contributed by atoms with van der Waals surface area (Å²) in [6.45, 7) is 2.23. The average molecular weight is 287 g/mol. The SMILES string of the molecule is C[C@H]1CC[C@@](O)(c2ccccc2Br)CS1. The van der Waals surface area contributed by atoms with Crippen LogP contribution >= 0.6 is 27.7 Å². The number of benzene rings is 1. The third-order valence-corrected chi connectivity index (χ3v) is 5.09. The molecule has 0 radical (unpaired) electrons. The zero-order chi connectivity index (χ0) is 10.9. The van der Waals surface area contributed by atoms with Crippen molar-refractivity contribution in [1.82, 2.24) is 0 Å². The van der Waals surface area contributed by atoms with Gasteiger partial charge in [0.25, 0.3) is 0 Å². The van der Waals surface area contributed by atoms with Crippen molar-refractivity contribution >= 4 is 27.7 Å². The van der Waals surface area contributed by atoms with Crippen LogP contribution in [0.15, 0.2) is 28.7 Å².